The average Bonchev–Trinajstić information content (AvgIpc) is 2.90. The molecule has 1 N–H and O–H groups in total. The average molecular weight is 343 g/mol. The number of hydrogen-bond acceptors (Lipinski definition) is 6. The molecule has 0 bridgehead atoms. The number of thioether (sulfide) groups is 1. The first-order chi connectivity index (χ1) is 10.3. The number of ether oxygens (including phenoxy) is 1. The Hall–Kier alpha value is -1.31. The molecule has 8 heteroatoms. The van der Waals surface area contributed by atoms with Gasteiger partial charge in [0.05, 0.1) is 6.61 Å². The Morgan fingerprint density at radius 3 is 2.86 bits per heavy atom. The molecule has 1 aromatic carbocycles. The molecule has 0 spiro atoms. The van der Waals surface area contributed by atoms with Gasteiger partial charge in [-0.3, -0.25) is 0 Å². The maximum Gasteiger partial charge on any atom is 0.209 e. The largest absolute Gasteiger partial charge is 1.00 e. The second-order valence-electron chi connectivity index (χ2n) is 4.50. The fraction of sp³-hybridized carbons (Fsp3) is 0.500. The van der Waals surface area contributed by atoms with E-state index in [0.29, 0.717) is 6.61 Å². The molecule has 0 amide bonds. The number of aromatic nitrogens is 4. The Morgan fingerprint density at radius 1 is 1.32 bits per heavy atom. The third kappa shape index (κ3) is 5.82. The van der Waals surface area contributed by atoms with E-state index in [0.717, 1.165) is 36.2 Å². The van der Waals surface area contributed by atoms with Gasteiger partial charge < -0.3 is 22.5 Å². The summed E-state index contributed by atoms with van der Waals surface area (Å²) in [6, 6.07) is 8.14. The van der Waals surface area contributed by atoms with E-state index in [-0.39, 0.29) is 12.4 Å². The van der Waals surface area contributed by atoms with Crippen molar-refractivity contribution in [2.75, 3.05) is 18.9 Å². The number of halogens is 1. The highest BCUT2D eigenvalue weighted by Crippen LogP contribution is 2.17. The van der Waals surface area contributed by atoms with E-state index in [4.69, 9.17) is 4.74 Å². The lowest BCUT2D eigenvalue weighted by Gasteiger charge is -2.10. The zero-order valence-electron chi connectivity index (χ0n) is 12.8. The highest BCUT2D eigenvalue weighted by Gasteiger charge is 2.03. The van der Waals surface area contributed by atoms with Crippen molar-refractivity contribution in [3.63, 3.8) is 0 Å². The molecule has 0 radical (unpaired) electrons. The lowest BCUT2D eigenvalue weighted by Crippen LogP contribution is -3.00. The molecule has 0 aliphatic carbocycles. The first kappa shape index (κ1) is 18.7. The lowest BCUT2D eigenvalue weighted by atomic mass is 10.2. The predicted octanol–water partition coefficient (Wildman–Crippen LogP) is -1.12. The fourth-order valence-corrected chi connectivity index (χ4v) is 2.66. The molecule has 1 heterocycles. The maximum atomic E-state index is 5.61. The van der Waals surface area contributed by atoms with E-state index < -0.39 is 0 Å². The smallest absolute Gasteiger partial charge is 0.209 e. The summed E-state index contributed by atoms with van der Waals surface area (Å²) in [5, 5.41) is 15.7. The van der Waals surface area contributed by atoms with Crippen LogP contribution in [0.3, 0.4) is 0 Å². The Kier molecular flexibility index (Phi) is 8.88. The molecule has 0 unspecified atom stereocenters. The molecule has 0 saturated carbocycles. The van der Waals surface area contributed by atoms with Crippen molar-refractivity contribution in [1.29, 1.82) is 0 Å². The Bertz CT molecular complexity index is 552. The highest BCUT2D eigenvalue weighted by molar-refractivity contribution is 7.99. The van der Waals surface area contributed by atoms with Crippen molar-refractivity contribution in [2.45, 2.75) is 25.0 Å². The second-order valence-corrected chi connectivity index (χ2v) is 5.57. The number of para-hydroxylation sites is 1. The summed E-state index contributed by atoms with van der Waals surface area (Å²) in [5.74, 6) is 1.96. The zero-order chi connectivity index (χ0) is 14.9. The summed E-state index contributed by atoms with van der Waals surface area (Å²) in [4.78, 5) is 0. The number of nitrogens with one attached hydrogen (secondary N) is 1. The third-order valence-electron chi connectivity index (χ3n) is 2.90. The number of tetrazole rings is 1. The van der Waals surface area contributed by atoms with Gasteiger partial charge in [0.1, 0.15) is 5.75 Å². The summed E-state index contributed by atoms with van der Waals surface area (Å²) in [6.07, 6.45) is 1.06. The van der Waals surface area contributed by atoms with Gasteiger partial charge in [-0.25, -0.2) is 4.68 Å². The number of nitrogens with zero attached hydrogens (tertiary/aromatic N) is 4. The Labute approximate surface area is 141 Å². The van der Waals surface area contributed by atoms with Gasteiger partial charge in [0.2, 0.25) is 5.16 Å². The van der Waals surface area contributed by atoms with Crippen molar-refractivity contribution in [1.82, 2.24) is 25.5 Å². The van der Waals surface area contributed by atoms with Crippen molar-refractivity contribution in [3.05, 3.63) is 29.8 Å². The molecule has 122 valence electrons. The number of rotatable bonds is 9. The minimum Gasteiger partial charge on any atom is -1.00 e. The van der Waals surface area contributed by atoms with Crippen molar-refractivity contribution in [3.8, 4) is 5.75 Å². The van der Waals surface area contributed by atoms with E-state index in [9.17, 15) is 0 Å². The first-order valence-electron chi connectivity index (χ1n) is 7.08. The van der Waals surface area contributed by atoms with Gasteiger partial charge in [-0.15, -0.1) is 5.10 Å². The van der Waals surface area contributed by atoms with Crippen LogP contribution in [0.4, 0.5) is 0 Å². The van der Waals surface area contributed by atoms with Crippen molar-refractivity contribution >= 4 is 11.8 Å². The molecule has 2 aromatic rings. The van der Waals surface area contributed by atoms with Crippen molar-refractivity contribution < 1.29 is 17.1 Å². The number of benzene rings is 1. The van der Waals surface area contributed by atoms with Crippen LogP contribution in [0.15, 0.2) is 29.4 Å². The minimum absolute atomic E-state index is 0. The number of hydrogen-bond donors (Lipinski definition) is 1. The van der Waals surface area contributed by atoms with E-state index in [1.807, 2.05) is 32.2 Å². The molecular weight excluding hydrogens is 322 g/mol. The van der Waals surface area contributed by atoms with Gasteiger partial charge in [0.15, 0.2) is 0 Å². The van der Waals surface area contributed by atoms with Crippen LogP contribution in [0.25, 0.3) is 0 Å². The van der Waals surface area contributed by atoms with Crippen LogP contribution in [-0.4, -0.2) is 39.1 Å². The standard InChI is InChI=1S/C14H21N5OS.ClH/c1-3-20-13-8-5-4-7-12(13)11-15-9-6-10-21-14-16-17-18-19(14)2;/h4-5,7-8,15H,3,6,9-11H2,1-2H3;1H/p-1. The van der Waals surface area contributed by atoms with E-state index >= 15 is 0 Å². The van der Waals surface area contributed by atoms with Crippen molar-refractivity contribution in [2.24, 2.45) is 7.05 Å². The quantitative estimate of drug-likeness (QED) is 0.460. The monoisotopic (exact) mass is 342 g/mol. The minimum atomic E-state index is 0. The summed E-state index contributed by atoms with van der Waals surface area (Å²) < 4.78 is 7.30. The Balaban J connectivity index is 0.00000242. The molecule has 2 rings (SSSR count). The first-order valence-corrected chi connectivity index (χ1v) is 8.06. The third-order valence-corrected chi connectivity index (χ3v) is 4.00. The Morgan fingerprint density at radius 2 is 2.14 bits per heavy atom. The van der Waals surface area contributed by atoms with Gasteiger partial charge in [-0.1, -0.05) is 30.0 Å². The number of aryl methyl sites for hydroxylation is 1. The van der Waals surface area contributed by atoms with Crippen LogP contribution >= 0.6 is 11.8 Å². The molecule has 6 nitrogen and oxygen atoms in total. The van der Waals surface area contributed by atoms with Crippen LogP contribution in [0.5, 0.6) is 5.75 Å². The van der Waals surface area contributed by atoms with Crippen LogP contribution in [0.2, 0.25) is 0 Å². The van der Waals surface area contributed by atoms with Gasteiger partial charge in [-0.2, -0.15) is 0 Å². The highest BCUT2D eigenvalue weighted by atomic mass is 35.5. The van der Waals surface area contributed by atoms with Gasteiger partial charge >= 0.3 is 0 Å². The van der Waals surface area contributed by atoms with E-state index in [1.165, 1.54) is 5.56 Å². The lowest BCUT2D eigenvalue weighted by molar-refractivity contribution is -0.00000511. The van der Waals surface area contributed by atoms with Crippen LogP contribution in [0, 0.1) is 0 Å². The topological polar surface area (TPSA) is 64.9 Å². The summed E-state index contributed by atoms with van der Waals surface area (Å²) in [5.41, 5.74) is 1.20. The summed E-state index contributed by atoms with van der Waals surface area (Å²) in [7, 11) is 1.85. The maximum absolute atomic E-state index is 5.61. The van der Waals surface area contributed by atoms with E-state index in [2.05, 4.69) is 26.9 Å². The predicted molar refractivity (Wildman–Crippen MR) is 83.5 cm³/mol. The normalized spacial score (nSPS) is 10.3. The van der Waals surface area contributed by atoms with Crippen LogP contribution in [0.1, 0.15) is 18.9 Å². The molecule has 22 heavy (non-hydrogen) atoms. The molecule has 0 aliphatic heterocycles. The van der Waals surface area contributed by atoms with Gasteiger partial charge in [-0.05, 0) is 36.4 Å². The van der Waals surface area contributed by atoms with Crippen LogP contribution in [-0.2, 0) is 13.6 Å². The van der Waals surface area contributed by atoms with Gasteiger partial charge in [0.25, 0.3) is 0 Å². The summed E-state index contributed by atoms with van der Waals surface area (Å²) >= 11 is 1.67. The van der Waals surface area contributed by atoms with E-state index in [1.54, 1.807) is 16.4 Å². The molecule has 0 atom stereocenters. The fourth-order valence-electron chi connectivity index (χ4n) is 1.87. The van der Waals surface area contributed by atoms with Crippen LogP contribution < -0.4 is 22.5 Å². The second kappa shape index (κ2) is 10.4. The molecular formula is C14H21ClN5OS-. The SMILES string of the molecule is CCOc1ccccc1CNCCCSc1nnnn1C.[Cl-]. The summed E-state index contributed by atoms with van der Waals surface area (Å²) in [6.45, 7) is 4.48. The zero-order valence-corrected chi connectivity index (χ0v) is 14.4. The molecule has 0 saturated heterocycles. The molecule has 1 aromatic heterocycles. The van der Waals surface area contributed by atoms with Gasteiger partial charge in [0, 0.05) is 24.9 Å². The molecule has 0 aliphatic rings. The molecule has 0 fully saturated rings.